The van der Waals surface area contributed by atoms with Crippen molar-refractivity contribution in [2.45, 2.75) is 31.4 Å². The smallest absolute Gasteiger partial charge is 0.356 e. The molecule has 1 aliphatic rings. The number of aromatic nitrogens is 1. The normalized spacial score (nSPS) is 19.7. The molecule has 1 aromatic carbocycles. The number of alkyl halides is 3. The predicted molar refractivity (Wildman–Crippen MR) is 65.0 cm³/mol. The van der Waals surface area contributed by atoms with Crippen molar-refractivity contribution in [2.75, 3.05) is 0 Å². The van der Waals surface area contributed by atoms with Gasteiger partial charge in [0.05, 0.1) is 16.5 Å². The highest BCUT2D eigenvalue weighted by Gasteiger charge is 2.44. The summed E-state index contributed by atoms with van der Waals surface area (Å²) in [5, 5.41) is 0.583. The molecule has 1 aliphatic carbocycles. The number of aryl methyl sites for hydroxylation is 1. The molecule has 0 saturated heterocycles. The summed E-state index contributed by atoms with van der Waals surface area (Å²) in [5.74, 6) is -2.05. The third-order valence-corrected chi connectivity index (χ3v) is 3.93. The third kappa shape index (κ3) is 2.00. The second-order valence-electron chi connectivity index (χ2n) is 4.81. The van der Waals surface area contributed by atoms with E-state index in [-0.39, 0.29) is 17.1 Å². The van der Waals surface area contributed by atoms with Crippen molar-refractivity contribution in [2.24, 2.45) is 0 Å². The molecule has 0 saturated carbocycles. The fourth-order valence-corrected chi connectivity index (χ4v) is 3.07. The summed E-state index contributed by atoms with van der Waals surface area (Å²) in [7, 11) is 0. The van der Waals surface area contributed by atoms with Crippen LogP contribution in [0.2, 0.25) is 5.02 Å². The van der Waals surface area contributed by atoms with Crippen molar-refractivity contribution in [1.82, 2.24) is 4.98 Å². The molecule has 102 valence electrons. The van der Waals surface area contributed by atoms with E-state index < -0.39 is 17.9 Å². The van der Waals surface area contributed by atoms with E-state index in [0.717, 1.165) is 6.07 Å². The molecule has 0 amide bonds. The Morgan fingerprint density at radius 2 is 2.00 bits per heavy atom. The molecule has 0 bridgehead atoms. The minimum Gasteiger partial charge on any atom is -0.356 e. The molecule has 1 N–H and O–H groups in total. The van der Waals surface area contributed by atoms with Crippen molar-refractivity contribution in [1.29, 1.82) is 0 Å². The summed E-state index contributed by atoms with van der Waals surface area (Å²) in [4.78, 5) is 2.75. The number of benzene rings is 1. The van der Waals surface area contributed by atoms with Crippen LogP contribution in [0.15, 0.2) is 12.1 Å². The maximum absolute atomic E-state index is 13.4. The molecule has 19 heavy (non-hydrogen) atoms. The molecule has 1 heterocycles. The number of hydrogen-bond donors (Lipinski definition) is 1. The van der Waals surface area contributed by atoms with Gasteiger partial charge in [-0.25, -0.2) is 4.39 Å². The Kier molecular flexibility index (Phi) is 2.78. The van der Waals surface area contributed by atoms with Gasteiger partial charge in [0.25, 0.3) is 0 Å². The maximum atomic E-state index is 13.4. The van der Waals surface area contributed by atoms with Gasteiger partial charge >= 0.3 is 6.18 Å². The summed E-state index contributed by atoms with van der Waals surface area (Å²) in [5.41, 5.74) is 1.08. The number of H-pyrrole nitrogens is 1. The fourth-order valence-electron chi connectivity index (χ4n) is 2.82. The van der Waals surface area contributed by atoms with Crippen molar-refractivity contribution in [3.05, 3.63) is 34.2 Å². The Hall–Kier alpha value is -1.23. The van der Waals surface area contributed by atoms with Gasteiger partial charge in [-0.1, -0.05) is 11.6 Å². The number of fused-ring (bicyclic) bond motifs is 3. The topological polar surface area (TPSA) is 15.8 Å². The van der Waals surface area contributed by atoms with E-state index in [1.54, 1.807) is 0 Å². The minimum atomic E-state index is -4.29. The molecule has 1 nitrogen and oxygen atoms in total. The van der Waals surface area contributed by atoms with Crippen LogP contribution in [0.1, 0.15) is 30.0 Å². The van der Waals surface area contributed by atoms with Crippen LogP contribution in [0.25, 0.3) is 10.9 Å². The predicted octanol–water partition coefficient (Wildman–Crippen LogP) is 4.94. The first-order chi connectivity index (χ1) is 8.88. The van der Waals surface area contributed by atoms with Crippen LogP contribution in [0.4, 0.5) is 17.6 Å². The molecular weight excluding hydrogens is 282 g/mol. The van der Waals surface area contributed by atoms with Crippen LogP contribution in [0, 0.1) is 5.82 Å². The number of halogens is 5. The zero-order valence-electron chi connectivity index (χ0n) is 9.74. The Labute approximate surface area is 111 Å². The molecule has 0 radical (unpaired) electrons. The standard InChI is InChI=1S/C13H10ClF4N/c14-10-5-6(15)4-8-7-2-1-3-9(13(16,17)18)11(7)19-12(8)10/h4-5,9,19H,1-3H2. The third-order valence-electron chi connectivity index (χ3n) is 3.63. The molecule has 6 heteroatoms. The average molecular weight is 292 g/mol. The number of hydrogen-bond acceptors (Lipinski definition) is 0. The van der Waals surface area contributed by atoms with E-state index in [1.165, 1.54) is 6.07 Å². The van der Waals surface area contributed by atoms with E-state index in [2.05, 4.69) is 4.98 Å². The van der Waals surface area contributed by atoms with Crippen molar-refractivity contribution in [3.8, 4) is 0 Å². The molecule has 3 rings (SSSR count). The van der Waals surface area contributed by atoms with Crippen LogP contribution in [0.5, 0.6) is 0 Å². The summed E-state index contributed by atoms with van der Waals surface area (Å²) < 4.78 is 52.4. The quantitative estimate of drug-likeness (QED) is 0.662. The van der Waals surface area contributed by atoms with Crippen LogP contribution in [-0.2, 0) is 6.42 Å². The van der Waals surface area contributed by atoms with E-state index in [0.29, 0.717) is 29.3 Å². The SMILES string of the molecule is Fc1cc(Cl)c2[nH]c3c(c2c1)CCCC3C(F)(F)F. The zero-order valence-corrected chi connectivity index (χ0v) is 10.5. The highest BCUT2D eigenvalue weighted by atomic mass is 35.5. The van der Waals surface area contributed by atoms with Gasteiger partial charge in [0.15, 0.2) is 0 Å². The van der Waals surface area contributed by atoms with Crippen molar-refractivity contribution in [3.63, 3.8) is 0 Å². The Morgan fingerprint density at radius 3 is 2.68 bits per heavy atom. The van der Waals surface area contributed by atoms with Gasteiger partial charge in [0, 0.05) is 11.1 Å². The largest absolute Gasteiger partial charge is 0.397 e. The Bertz CT molecular complexity index is 644. The first-order valence-electron chi connectivity index (χ1n) is 5.94. The van der Waals surface area contributed by atoms with Crippen molar-refractivity contribution >= 4 is 22.5 Å². The first-order valence-corrected chi connectivity index (χ1v) is 6.32. The van der Waals surface area contributed by atoms with Gasteiger partial charge in [0.2, 0.25) is 0 Å². The lowest BCUT2D eigenvalue weighted by Gasteiger charge is -2.24. The highest BCUT2D eigenvalue weighted by Crippen LogP contribution is 2.45. The van der Waals surface area contributed by atoms with Gasteiger partial charge in [-0.05, 0) is 37.0 Å². The summed E-state index contributed by atoms with van der Waals surface area (Å²) >= 11 is 5.89. The highest BCUT2D eigenvalue weighted by molar-refractivity contribution is 6.35. The first kappa shape index (κ1) is 12.8. The molecule has 0 spiro atoms. The van der Waals surface area contributed by atoms with E-state index in [1.807, 2.05) is 0 Å². The number of aromatic amines is 1. The van der Waals surface area contributed by atoms with Gasteiger partial charge in [-0.15, -0.1) is 0 Å². The van der Waals surface area contributed by atoms with E-state index in [4.69, 9.17) is 11.6 Å². The number of rotatable bonds is 0. The molecule has 1 unspecified atom stereocenters. The Morgan fingerprint density at radius 1 is 1.26 bits per heavy atom. The second kappa shape index (κ2) is 4.13. The summed E-state index contributed by atoms with van der Waals surface area (Å²) in [6.45, 7) is 0. The van der Waals surface area contributed by atoms with Gasteiger partial charge in [-0.2, -0.15) is 13.2 Å². The van der Waals surface area contributed by atoms with Gasteiger partial charge in [-0.3, -0.25) is 0 Å². The van der Waals surface area contributed by atoms with Crippen molar-refractivity contribution < 1.29 is 17.6 Å². The lowest BCUT2D eigenvalue weighted by atomic mass is 9.86. The maximum Gasteiger partial charge on any atom is 0.397 e. The molecule has 1 aromatic heterocycles. The van der Waals surface area contributed by atoms with Gasteiger partial charge in [0.1, 0.15) is 5.82 Å². The molecule has 1 atom stereocenters. The molecular formula is C13H10ClF4N. The lowest BCUT2D eigenvalue weighted by molar-refractivity contribution is -0.154. The average Bonchev–Trinajstić information content (AvgIpc) is 2.66. The van der Waals surface area contributed by atoms with Crippen LogP contribution in [-0.4, -0.2) is 11.2 Å². The molecule has 2 aromatic rings. The molecule has 0 aliphatic heterocycles. The Balaban J connectivity index is 2.27. The zero-order chi connectivity index (χ0) is 13.8. The summed E-state index contributed by atoms with van der Waals surface area (Å²) in [6.07, 6.45) is -3.27. The second-order valence-corrected chi connectivity index (χ2v) is 5.22. The van der Waals surface area contributed by atoms with E-state index in [9.17, 15) is 17.6 Å². The monoisotopic (exact) mass is 291 g/mol. The van der Waals surface area contributed by atoms with Crippen LogP contribution in [0.3, 0.4) is 0 Å². The van der Waals surface area contributed by atoms with Crippen LogP contribution >= 0.6 is 11.6 Å². The van der Waals surface area contributed by atoms with Gasteiger partial charge < -0.3 is 4.98 Å². The number of nitrogens with one attached hydrogen (secondary N) is 1. The summed E-state index contributed by atoms with van der Waals surface area (Å²) in [6, 6.07) is 2.35. The fraction of sp³-hybridized carbons (Fsp3) is 0.385. The lowest BCUT2D eigenvalue weighted by Crippen LogP contribution is -2.24. The molecule has 0 fully saturated rings. The van der Waals surface area contributed by atoms with E-state index >= 15 is 0 Å². The van der Waals surface area contributed by atoms with Crippen LogP contribution < -0.4 is 0 Å². The minimum absolute atomic E-state index is 0.0590.